The Bertz CT molecular complexity index is 326. The van der Waals surface area contributed by atoms with Crippen LogP contribution in [0, 0.1) is 0 Å². The van der Waals surface area contributed by atoms with Crippen molar-refractivity contribution >= 4 is 16.5 Å². The van der Waals surface area contributed by atoms with Gasteiger partial charge in [-0.25, -0.2) is 0 Å². The molecule has 2 aliphatic heterocycles. The normalized spacial score (nSPS) is 34.9. The quantitative estimate of drug-likeness (QED) is 0.855. The Hall–Kier alpha value is -0.680. The van der Waals surface area contributed by atoms with Crippen molar-refractivity contribution < 1.29 is 0 Å². The molecule has 0 amide bonds. The van der Waals surface area contributed by atoms with E-state index in [9.17, 15) is 0 Å². The fourth-order valence-electron chi connectivity index (χ4n) is 3.14. The highest BCUT2D eigenvalue weighted by atomic mass is 32.1. The molecule has 2 unspecified atom stereocenters. The lowest BCUT2D eigenvalue weighted by Gasteiger charge is -2.47. The standard InChI is InChI=1S/C11H18N4S/c1-15-9-3-2-4-10(15)6-8(5-9)13-11-14-12-7-16-11/h7-10H,2-6H2,1H3,(H,13,14). The maximum atomic E-state index is 4.07. The van der Waals surface area contributed by atoms with Crippen LogP contribution in [-0.2, 0) is 0 Å². The zero-order valence-corrected chi connectivity index (χ0v) is 10.4. The summed E-state index contributed by atoms with van der Waals surface area (Å²) in [5.41, 5.74) is 1.79. The molecule has 2 atom stereocenters. The Kier molecular flexibility index (Phi) is 2.81. The first-order valence-corrected chi connectivity index (χ1v) is 6.95. The summed E-state index contributed by atoms with van der Waals surface area (Å²) in [7, 11) is 2.29. The van der Waals surface area contributed by atoms with E-state index in [0.717, 1.165) is 17.2 Å². The summed E-state index contributed by atoms with van der Waals surface area (Å²) in [6.07, 6.45) is 6.65. The Morgan fingerprint density at radius 3 is 2.75 bits per heavy atom. The van der Waals surface area contributed by atoms with Gasteiger partial charge < -0.3 is 10.2 Å². The van der Waals surface area contributed by atoms with Gasteiger partial charge in [-0.15, -0.1) is 10.2 Å². The number of fused-ring (bicyclic) bond motifs is 2. The Balaban J connectivity index is 1.66. The summed E-state index contributed by atoms with van der Waals surface area (Å²) in [6, 6.07) is 2.15. The van der Waals surface area contributed by atoms with Crippen molar-refractivity contribution in [3.05, 3.63) is 5.51 Å². The van der Waals surface area contributed by atoms with Crippen molar-refractivity contribution in [1.82, 2.24) is 15.1 Å². The van der Waals surface area contributed by atoms with E-state index in [1.165, 1.54) is 32.1 Å². The molecule has 0 aromatic carbocycles. The summed E-state index contributed by atoms with van der Waals surface area (Å²) in [6.45, 7) is 0. The predicted octanol–water partition coefficient (Wildman–Crippen LogP) is 1.97. The van der Waals surface area contributed by atoms with Gasteiger partial charge in [-0.3, -0.25) is 0 Å². The van der Waals surface area contributed by atoms with Crippen LogP contribution in [-0.4, -0.2) is 40.3 Å². The van der Waals surface area contributed by atoms with Gasteiger partial charge in [-0.2, -0.15) is 0 Å². The van der Waals surface area contributed by atoms with Gasteiger partial charge in [-0.1, -0.05) is 17.8 Å². The maximum Gasteiger partial charge on any atom is 0.205 e. The van der Waals surface area contributed by atoms with E-state index in [4.69, 9.17) is 0 Å². The third-order valence-corrected chi connectivity index (χ3v) is 4.65. The number of hydrogen-bond donors (Lipinski definition) is 1. The Morgan fingerprint density at radius 2 is 2.12 bits per heavy atom. The number of nitrogens with zero attached hydrogens (tertiary/aromatic N) is 3. The summed E-state index contributed by atoms with van der Waals surface area (Å²) in [4.78, 5) is 2.59. The Labute approximate surface area is 100 Å². The van der Waals surface area contributed by atoms with E-state index >= 15 is 0 Å². The van der Waals surface area contributed by atoms with Gasteiger partial charge in [0.2, 0.25) is 5.13 Å². The number of nitrogens with one attached hydrogen (secondary N) is 1. The summed E-state index contributed by atoms with van der Waals surface area (Å²) in [5.74, 6) is 0. The smallest absolute Gasteiger partial charge is 0.205 e. The highest BCUT2D eigenvalue weighted by Crippen LogP contribution is 2.33. The lowest BCUT2D eigenvalue weighted by Crippen LogP contribution is -2.52. The first kappa shape index (κ1) is 10.5. The van der Waals surface area contributed by atoms with E-state index in [0.29, 0.717) is 6.04 Å². The van der Waals surface area contributed by atoms with Gasteiger partial charge in [0.25, 0.3) is 0 Å². The Morgan fingerprint density at radius 1 is 1.38 bits per heavy atom. The number of aromatic nitrogens is 2. The van der Waals surface area contributed by atoms with Gasteiger partial charge in [0.15, 0.2) is 0 Å². The zero-order valence-electron chi connectivity index (χ0n) is 9.59. The second-order valence-electron chi connectivity index (χ2n) is 4.96. The van der Waals surface area contributed by atoms with Crippen LogP contribution < -0.4 is 5.32 Å². The van der Waals surface area contributed by atoms with Gasteiger partial charge in [-0.05, 0) is 32.7 Å². The molecule has 3 heterocycles. The molecule has 88 valence electrons. The largest absolute Gasteiger partial charge is 0.357 e. The molecule has 0 spiro atoms. The lowest BCUT2D eigenvalue weighted by atomic mass is 9.82. The minimum Gasteiger partial charge on any atom is -0.357 e. The fraction of sp³-hybridized carbons (Fsp3) is 0.818. The molecule has 1 N–H and O–H groups in total. The average molecular weight is 238 g/mol. The maximum absolute atomic E-state index is 4.07. The van der Waals surface area contributed by atoms with Crippen molar-refractivity contribution in [3.63, 3.8) is 0 Å². The van der Waals surface area contributed by atoms with Gasteiger partial charge >= 0.3 is 0 Å². The van der Waals surface area contributed by atoms with Gasteiger partial charge in [0.05, 0.1) is 0 Å². The molecule has 0 saturated carbocycles. The lowest BCUT2D eigenvalue weighted by molar-refractivity contribution is 0.0608. The van der Waals surface area contributed by atoms with E-state index in [-0.39, 0.29) is 0 Å². The van der Waals surface area contributed by atoms with Crippen molar-refractivity contribution in [2.45, 2.75) is 50.2 Å². The van der Waals surface area contributed by atoms with E-state index < -0.39 is 0 Å². The molecule has 2 aliphatic rings. The third kappa shape index (κ3) is 1.94. The predicted molar refractivity (Wildman–Crippen MR) is 65.7 cm³/mol. The highest BCUT2D eigenvalue weighted by Gasteiger charge is 2.35. The van der Waals surface area contributed by atoms with Crippen molar-refractivity contribution in [2.24, 2.45) is 0 Å². The molecule has 2 bridgehead atoms. The van der Waals surface area contributed by atoms with Crippen molar-refractivity contribution in [2.75, 3.05) is 12.4 Å². The minimum absolute atomic E-state index is 0.597. The zero-order chi connectivity index (χ0) is 11.0. The molecule has 1 aromatic heterocycles. The van der Waals surface area contributed by atoms with Crippen LogP contribution in [0.15, 0.2) is 5.51 Å². The van der Waals surface area contributed by atoms with Crippen LogP contribution in [0.25, 0.3) is 0 Å². The molecule has 0 aliphatic carbocycles. The molecule has 2 saturated heterocycles. The summed E-state index contributed by atoms with van der Waals surface area (Å²) >= 11 is 1.60. The molecule has 16 heavy (non-hydrogen) atoms. The second-order valence-corrected chi connectivity index (χ2v) is 5.79. The van der Waals surface area contributed by atoms with Crippen molar-refractivity contribution in [1.29, 1.82) is 0 Å². The molecule has 3 rings (SSSR count). The number of piperidine rings is 2. The van der Waals surface area contributed by atoms with Crippen LogP contribution in [0.5, 0.6) is 0 Å². The average Bonchev–Trinajstić information content (AvgIpc) is 2.72. The third-order valence-electron chi connectivity index (χ3n) is 4.03. The first-order chi connectivity index (χ1) is 7.83. The number of hydrogen-bond acceptors (Lipinski definition) is 5. The van der Waals surface area contributed by atoms with E-state index in [1.807, 2.05) is 0 Å². The molecule has 2 fully saturated rings. The molecular weight excluding hydrogens is 220 g/mol. The molecule has 0 radical (unpaired) electrons. The molecule has 5 heteroatoms. The highest BCUT2D eigenvalue weighted by molar-refractivity contribution is 7.13. The second kappa shape index (κ2) is 4.30. The number of anilines is 1. The molecule has 4 nitrogen and oxygen atoms in total. The van der Waals surface area contributed by atoms with Crippen LogP contribution in [0.1, 0.15) is 32.1 Å². The summed E-state index contributed by atoms with van der Waals surface area (Å²) in [5, 5.41) is 12.4. The molecular formula is C11H18N4S. The topological polar surface area (TPSA) is 41.0 Å². The van der Waals surface area contributed by atoms with E-state index in [2.05, 4.69) is 27.5 Å². The fourth-order valence-corrected chi connectivity index (χ4v) is 3.67. The van der Waals surface area contributed by atoms with Crippen LogP contribution in [0.2, 0.25) is 0 Å². The number of rotatable bonds is 2. The van der Waals surface area contributed by atoms with Crippen LogP contribution in [0.3, 0.4) is 0 Å². The van der Waals surface area contributed by atoms with Crippen LogP contribution in [0.4, 0.5) is 5.13 Å². The monoisotopic (exact) mass is 238 g/mol. The minimum atomic E-state index is 0.597. The summed E-state index contributed by atoms with van der Waals surface area (Å²) < 4.78 is 0. The first-order valence-electron chi connectivity index (χ1n) is 6.07. The van der Waals surface area contributed by atoms with Crippen LogP contribution >= 0.6 is 11.3 Å². The van der Waals surface area contributed by atoms with Crippen molar-refractivity contribution in [3.8, 4) is 0 Å². The van der Waals surface area contributed by atoms with Gasteiger partial charge in [0, 0.05) is 18.1 Å². The van der Waals surface area contributed by atoms with E-state index in [1.54, 1.807) is 16.8 Å². The molecule has 1 aromatic rings. The van der Waals surface area contributed by atoms with Gasteiger partial charge in [0.1, 0.15) is 5.51 Å². The SMILES string of the molecule is CN1C2CCCC1CC(Nc1nncs1)C2.